The topological polar surface area (TPSA) is 212 Å². The predicted molar refractivity (Wildman–Crippen MR) is 163 cm³/mol. The van der Waals surface area contributed by atoms with Crippen LogP contribution in [0.5, 0.6) is 5.75 Å². The number of halogens is 1. The molecule has 19 heteroatoms. The second kappa shape index (κ2) is 12.1. The lowest BCUT2D eigenvalue weighted by Gasteiger charge is -2.44. The van der Waals surface area contributed by atoms with E-state index in [9.17, 15) is 45.0 Å². The Morgan fingerprint density at radius 3 is 2.30 bits per heavy atom. The molecule has 3 fully saturated rings. The van der Waals surface area contributed by atoms with E-state index in [-0.39, 0.29) is 34.3 Å². The lowest BCUT2D eigenvalue weighted by atomic mass is 9.76. The summed E-state index contributed by atoms with van der Waals surface area (Å²) in [5.41, 5.74) is 2.07. The van der Waals surface area contributed by atoms with E-state index in [1.54, 1.807) is 21.0 Å². The van der Waals surface area contributed by atoms with Crippen molar-refractivity contribution in [2.24, 2.45) is 0 Å². The maximum absolute atomic E-state index is 15.4. The van der Waals surface area contributed by atoms with E-state index in [1.165, 1.54) is 15.7 Å². The third-order valence-corrected chi connectivity index (χ3v) is 8.58. The number of aliphatic hydroxyl groups excluding tert-OH is 1. The molecule has 1 aromatic carbocycles. The van der Waals surface area contributed by atoms with Gasteiger partial charge < -0.3 is 45.6 Å². The maximum atomic E-state index is 15.4. The van der Waals surface area contributed by atoms with Gasteiger partial charge in [-0.25, -0.2) is 4.39 Å². The highest BCUT2D eigenvalue weighted by molar-refractivity contribution is 6.41. The van der Waals surface area contributed by atoms with Crippen LogP contribution in [0.3, 0.4) is 0 Å². The number of morpholine rings is 1. The third-order valence-electron chi connectivity index (χ3n) is 8.58. The maximum Gasteiger partial charge on any atom is 0.303 e. The Balaban J connectivity index is 1.72. The van der Waals surface area contributed by atoms with Gasteiger partial charge in [0.1, 0.15) is 35.0 Å². The summed E-state index contributed by atoms with van der Waals surface area (Å²) in [6.45, 7) is 5.67. The number of likely N-dealkylation sites (tertiary alicyclic amines) is 1. The van der Waals surface area contributed by atoms with Crippen LogP contribution in [-0.4, -0.2) is 140 Å². The van der Waals surface area contributed by atoms with Gasteiger partial charge in [-0.1, -0.05) is 12.0 Å². The summed E-state index contributed by atoms with van der Waals surface area (Å²) in [4.78, 5) is 40.9. The first-order valence-corrected chi connectivity index (χ1v) is 13.8. The molecular formula is C25H33B4FN4O10. The number of ether oxygens (including phenoxy) is 1. The zero-order valence-electron chi connectivity index (χ0n) is 24.8. The lowest BCUT2D eigenvalue weighted by Crippen LogP contribution is -2.79. The van der Waals surface area contributed by atoms with Crippen molar-refractivity contribution in [1.82, 2.24) is 20.4 Å². The van der Waals surface area contributed by atoms with Gasteiger partial charge in [-0.05, 0) is 27.7 Å². The van der Waals surface area contributed by atoms with Crippen LogP contribution in [0.2, 0.25) is 0 Å². The Labute approximate surface area is 255 Å². The average molecular weight is 612 g/mol. The summed E-state index contributed by atoms with van der Waals surface area (Å²) in [6, 6.07) is -2.36. The lowest BCUT2D eigenvalue weighted by molar-refractivity contribution is -0.355. The summed E-state index contributed by atoms with van der Waals surface area (Å²) >= 11 is 0. The number of aromatic hydroxyl groups is 1. The molecule has 0 spiro atoms. The van der Waals surface area contributed by atoms with Gasteiger partial charge >= 0.3 is 5.79 Å². The minimum atomic E-state index is -3.85. The Bertz CT molecular complexity index is 1510. The van der Waals surface area contributed by atoms with E-state index in [2.05, 4.69) is 16.8 Å². The van der Waals surface area contributed by atoms with Gasteiger partial charge in [-0.2, -0.15) is 0 Å². The van der Waals surface area contributed by atoms with E-state index < -0.39 is 59.2 Å². The number of hydrogen-bond donors (Lipinski definition) is 8. The first-order chi connectivity index (χ1) is 20.4. The Kier molecular flexibility index (Phi) is 9.13. The molecule has 8 N–H and O–H groups in total. The van der Waals surface area contributed by atoms with Gasteiger partial charge in [0, 0.05) is 43.9 Å². The van der Waals surface area contributed by atoms with Crippen molar-refractivity contribution in [3.05, 3.63) is 51.5 Å². The zero-order valence-corrected chi connectivity index (χ0v) is 24.8. The second-order valence-electron chi connectivity index (χ2n) is 11.2. The fourth-order valence-corrected chi connectivity index (χ4v) is 5.64. The number of piperidine rings is 1. The normalized spacial score (nSPS) is 24.2. The van der Waals surface area contributed by atoms with Gasteiger partial charge in [0.05, 0.1) is 13.2 Å². The summed E-state index contributed by atoms with van der Waals surface area (Å²) in [5.74, 6) is -13.7. The van der Waals surface area contributed by atoms with Crippen LogP contribution < -0.4 is 21.6 Å². The monoisotopic (exact) mass is 612 g/mol. The molecule has 0 aromatic heterocycles. The summed E-state index contributed by atoms with van der Waals surface area (Å²) in [5, 5.41) is 66.6. The van der Waals surface area contributed by atoms with E-state index in [1.807, 2.05) is 0 Å². The Morgan fingerprint density at radius 2 is 1.70 bits per heavy atom. The van der Waals surface area contributed by atoms with Gasteiger partial charge in [0.15, 0.2) is 19.7 Å². The number of rotatable bonds is 7. The minimum Gasteiger partial charge on any atom is -0.509 e. The molecule has 4 rings (SSSR count). The number of carbonyl (C=O) groups is 3. The number of amides is 3. The van der Waals surface area contributed by atoms with Gasteiger partial charge in [0.2, 0.25) is 0 Å². The summed E-state index contributed by atoms with van der Waals surface area (Å²) in [6.07, 6.45) is 0. The molecule has 14 nitrogen and oxygen atoms in total. The van der Waals surface area contributed by atoms with Crippen LogP contribution in [-0.2, 0) is 32.2 Å². The van der Waals surface area contributed by atoms with Crippen LogP contribution in [0, 0.1) is 5.82 Å². The third kappa shape index (κ3) is 5.55. The molecule has 3 aliphatic heterocycles. The van der Waals surface area contributed by atoms with Crippen LogP contribution in [0.25, 0.3) is 0 Å². The molecule has 3 heterocycles. The molecule has 1 atom stereocenters. The number of allylic oxidation sites excluding steroid dienone is 1. The highest BCUT2D eigenvalue weighted by atomic mass is 19.1. The average Bonchev–Trinajstić information content (AvgIpc) is 3.29. The molecule has 0 saturated carbocycles. The first kappa shape index (κ1) is 33.3. The van der Waals surface area contributed by atoms with Crippen LogP contribution in [0.15, 0.2) is 34.6 Å². The minimum absolute atomic E-state index is 0.0372. The number of nitrogens with zero attached hydrogens (tertiary/aromatic N) is 2. The molecule has 0 aliphatic carbocycles. The highest BCUT2D eigenvalue weighted by Crippen LogP contribution is 2.36. The fraction of sp³-hybridized carbons (Fsp3) is 0.400. The van der Waals surface area contributed by atoms with Crippen molar-refractivity contribution in [2.75, 3.05) is 32.8 Å². The van der Waals surface area contributed by atoms with Crippen molar-refractivity contribution in [3.63, 3.8) is 0 Å². The Morgan fingerprint density at radius 1 is 1.09 bits per heavy atom. The quantitative estimate of drug-likeness (QED) is 0.0475. The van der Waals surface area contributed by atoms with Gasteiger partial charge in [-0.15, -0.1) is 0 Å². The summed E-state index contributed by atoms with van der Waals surface area (Å²) in [7, 11) is 6.24. The van der Waals surface area contributed by atoms with E-state index in [0.29, 0.717) is 48.7 Å². The van der Waals surface area contributed by atoms with E-state index >= 15 is 4.39 Å². The number of carbonyl (C=O) groups excluding carboxylic acids is 3. The predicted octanol–water partition coefficient (Wildman–Crippen LogP) is -8.00. The Hall–Kier alpha value is -3.60. The number of benzene rings is 1. The van der Waals surface area contributed by atoms with Gasteiger partial charge in [-0.3, -0.25) is 24.6 Å². The molecule has 1 aromatic rings. The van der Waals surface area contributed by atoms with E-state index in [4.69, 9.17) is 4.74 Å². The SMILES string of the molecule is B/C(NCc1c(B)c(CN2CCOCC2)c(B)c(O)c1F)=C1/CN(C2C(=O)NC(=O)C(O)(O)C2(O)O)C(=O)/C1=C(\B)C(=C)O. The van der Waals surface area contributed by atoms with Crippen molar-refractivity contribution >= 4 is 60.0 Å². The standard InChI is InChI=1S/C25H33B4FN4O10/c1-9(35)14(26)13-11(8-34(22(13)38)19-21(37)32-23(39)25(42,43)24(19,40)41)20(29)31-6-10-15(27)12(16(28)18(36)17(10)30)7-33-2-4-44-5-3-33/h19,31,35-36,40-43H,1-8,26-29H2,(H,32,37,39)/b14-13-,20-11+. The number of imide groups is 1. The zero-order chi connectivity index (χ0) is 32.9. The van der Waals surface area contributed by atoms with Crippen LogP contribution in [0.4, 0.5) is 4.39 Å². The molecule has 3 aliphatic rings. The van der Waals surface area contributed by atoms with Crippen LogP contribution in [0.1, 0.15) is 11.1 Å². The molecule has 3 saturated heterocycles. The summed E-state index contributed by atoms with van der Waals surface area (Å²) < 4.78 is 20.8. The molecule has 1 unspecified atom stereocenters. The van der Waals surface area contributed by atoms with Crippen molar-refractivity contribution in [1.29, 1.82) is 0 Å². The van der Waals surface area contributed by atoms with Gasteiger partial charge in [0.25, 0.3) is 23.5 Å². The van der Waals surface area contributed by atoms with Crippen LogP contribution >= 0.6 is 0 Å². The molecule has 0 radical (unpaired) electrons. The molecular weight excluding hydrogens is 579 g/mol. The number of phenols is 1. The molecule has 232 valence electrons. The number of hydrogen-bond acceptors (Lipinski definition) is 12. The largest absolute Gasteiger partial charge is 0.509 e. The van der Waals surface area contributed by atoms with E-state index in [0.717, 1.165) is 5.56 Å². The van der Waals surface area contributed by atoms with Crippen molar-refractivity contribution < 1.29 is 54.2 Å². The van der Waals surface area contributed by atoms with Crippen molar-refractivity contribution in [3.8, 4) is 5.75 Å². The smallest absolute Gasteiger partial charge is 0.303 e. The van der Waals surface area contributed by atoms with Crippen molar-refractivity contribution in [2.45, 2.75) is 30.7 Å². The number of aliphatic hydroxyl groups is 5. The number of nitrogens with one attached hydrogen (secondary N) is 2. The fourth-order valence-electron chi connectivity index (χ4n) is 5.64. The molecule has 3 amide bonds. The molecule has 0 bridgehead atoms. The molecule has 44 heavy (non-hydrogen) atoms. The number of phenolic OH excluding ortho intramolecular Hbond substituents is 1. The highest BCUT2D eigenvalue weighted by Gasteiger charge is 2.67. The second-order valence-corrected chi connectivity index (χ2v) is 11.2. The first-order valence-electron chi connectivity index (χ1n) is 13.8.